The number of nitrogens with zero attached hydrogens (tertiary/aromatic N) is 1. The van der Waals surface area contributed by atoms with Crippen molar-refractivity contribution in [1.82, 2.24) is 10.3 Å². The summed E-state index contributed by atoms with van der Waals surface area (Å²) in [6.07, 6.45) is 2.80. The van der Waals surface area contributed by atoms with E-state index in [4.69, 9.17) is 4.74 Å². The lowest BCUT2D eigenvalue weighted by Crippen LogP contribution is -2.24. The summed E-state index contributed by atoms with van der Waals surface area (Å²) in [5, 5.41) is 3.22. The molecule has 0 spiro atoms. The predicted molar refractivity (Wildman–Crippen MR) is 46.1 cm³/mol. The molecular weight excluding hydrogens is 152 g/mol. The Labute approximate surface area is 71.8 Å². The zero-order valence-electron chi connectivity index (χ0n) is 7.08. The van der Waals surface area contributed by atoms with Crippen LogP contribution in [0, 0.1) is 0 Å². The maximum Gasteiger partial charge on any atom is 0.142 e. The van der Waals surface area contributed by atoms with Crippen molar-refractivity contribution in [3.05, 3.63) is 24.0 Å². The van der Waals surface area contributed by atoms with E-state index >= 15 is 0 Å². The van der Waals surface area contributed by atoms with E-state index in [9.17, 15) is 0 Å². The molecule has 1 aliphatic rings. The Bertz CT molecular complexity index is 275. The van der Waals surface area contributed by atoms with Crippen molar-refractivity contribution in [3.8, 4) is 5.75 Å². The summed E-state index contributed by atoms with van der Waals surface area (Å²) in [4.78, 5) is 4.28. The average molecular weight is 164 g/mol. The third-order valence-electron chi connectivity index (χ3n) is 2.14. The SMILES string of the molecule is CN[C@@H]1CCOc2cccnc21. The lowest BCUT2D eigenvalue weighted by molar-refractivity contribution is 0.253. The maximum absolute atomic E-state index is 5.45. The Hall–Kier alpha value is -1.09. The van der Waals surface area contributed by atoms with E-state index in [1.807, 2.05) is 19.2 Å². The van der Waals surface area contributed by atoms with Gasteiger partial charge in [0, 0.05) is 12.6 Å². The first-order chi connectivity index (χ1) is 5.92. The molecule has 12 heavy (non-hydrogen) atoms. The molecule has 1 aromatic heterocycles. The summed E-state index contributed by atoms with van der Waals surface area (Å²) in [6, 6.07) is 4.22. The molecule has 1 aliphatic heterocycles. The first-order valence-corrected chi connectivity index (χ1v) is 4.17. The van der Waals surface area contributed by atoms with E-state index in [0.29, 0.717) is 6.04 Å². The molecule has 1 N–H and O–H groups in total. The van der Waals surface area contributed by atoms with Crippen LogP contribution in [0.25, 0.3) is 0 Å². The highest BCUT2D eigenvalue weighted by Gasteiger charge is 2.20. The molecule has 64 valence electrons. The molecule has 0 fully saturated rings. The Balaban J connectivity index is 2.37. The van der Waals surface area contributed by atoms with Crippen LogP contribution in [0.1, 0.15) is 18.2 Å². The van der Waals surface area contributed by atoms with Gasteiger partial charge in [-0.3, -0.25) is 4.98 Å². The quantitative estimate of drug-likeness (QED) is 0.675. The van der Waals surface area contributed by atoms with Gasteiger partial charge in [-0.25, -0.2) is 0 Å². The number of fused-ring (bicyclic) bond motifs is 1. The molecule has 1 aromatic rings. The minimum atomic E-state index is 0.356. The number of aromatic nitrogens is 1. The third-order valence-corrected chi connectivity index (χ3v) is 2.14. The molecule has 0 aliphatic carbocycles. The Morgan fingerprint density at radius 1 is 1.67 bits per heavy atom. The van der Waals surface area contributed by atoms with Crippen LogP contribution >= 0.6 is 0 Å². The van der Waals surface area contributed by atoms with Gasteiger partial charge in [-0.05, 0) is 19.2 Å². The van der Waals surface area contributed by atoms with Gasteiger partial charge in [0.1, 0.15) is 5.75 Å². The standard InChI is InChI=1S/C9H12N2O/c1-10-7-4-6-12-8-3-2-5-11-9(7)8/h2-3,5,7,10H,4,6H2,1H3/t7-/m1/s1. The van der Waals surface area contributed by atoms with E-state index in [-0.39, 0.29) is 0 Å². The predicted octanol–water partition coefficient (Wildman–Crippen LogP) is 1.12. The van der Waals surface area contributed by atoms with Gasteiger partial charge in [-0.2, -0.15) is 0 Å². The molecule has 3 heteroatoms. The van der Waals surface area contributed by atoms with Crippen LogP contribution < -0.4 is 10.1 Å². The van der Waals surface area contributed by atoms with Gasteiger partial charge >= 0.3 is 0 Å². The molecular formula is C9H12N2O. The fraction of sp³-hybridized carbons (Fsp3) is 0.444. The van der Waals surface area contributed by atoms with Gasteiger partial charge in [-0.15, -0.1) is 0 Å². The van der Waals surface area contributed by atoms with Gasteiger partial charge in [0.2, 0.25) is 0 Å². The molecule has 0 aromatic carbocycles. The second kappa shape index (κ2) is 3.11. The van der Waals surface area contributed by atoms with Crippen molar-refractivity contribution in [2.75, 3.05) is 13.7 Å². The first-order valence-electron chi connectivity index (χ1n) is 4.17. The Kier molecular flexibility index (Phi) is 1.96. The second-order valence-electron chi connectivity index (χ2n) is 2.87. The zero-order chi connectivity index (χ0) is 8.39. The van der Waals surface area contributed by atoms with Crippen molar-refractivity contribution < 1.29 is 4.74 Å². The lowest BCUT2D eigenvalue weighted by Gasteiger charge is -2.23. The summed E-state index contributed by atoms with van der Waals surface area (Å²) in [6.45, 7) is 0.782. The van der Waals surface area contributed by atoms with Crippen molar-refractivity contribution in [1.29, 1.82) is 0 Å². The Morgan fingerprint density at radius 2 is 2.58 bits per heavy atom. The summed E-state index contributed by atoms with van der Waals surface area (Å²) < 4.78 is 5.45. The summed E-state index contributed by atoms with van der Waals surface area (Å²) in [7, 11) is 1.95. The third kappa shape index (κ3) is 1.16. The smallest absolute Gasteiger partial charge is 0.142 e. The van der Waals surface area contributed by atoms with Gasteiger partial charge in [0.05, 0.1) is 18.3 Å². The summed E-state index contributed by atoms with van der Waals surface area (Å²) in [5.74, 6) is 0.920. The van der Waals surface area contributed by atoms with E-state index < -0.39 is 0 Å². The van der Waals surface area contributed by atoms with Crippen LogP contribution in [0.15, 0.2) is 18.3 Å². The van der Waals surface area contributed by atoms with Crippen LogP contribution in [0.3, 0.4) is 0 Å². The Morgan fingerprint density at radius 3 is 3.42 bits per heavy atom. The molecule has 2 heterocycles. The number of pyridine rings is 1. The highest BCUT2D eigenvalue weighted by atomic mass is 16.5. The number of ether oxygens (including phenoxy) is 1. The molecule has 0 amide bonds. The molecule has 1 atom stereocenters. The van der Waals surface area contributed by atoms with Crippen LogP contribution in [-0.4, -0.2) is 18.6 Å². The van der Waals surface area contributed by atoms with Gasteiger partial charge in [0.15, 0.2) is 0 Å². The molecule has 2 rings (SSSR count). The lowest BCUT2D eigenvalue weighted by atomic mass is 10.1. The summed E-state index contributed by atoms with van der Waals surface area (Å²) >= 11 is 0. The molecule has 0 unspecified atom stereocenters. The minimum absolute atomic E-state index is 0.356. The van der Waals surface area contributed by atoms with Crippen molar-refractivity contribution in [2.45, 2.75) is 12.5 Å². The second-order valence-corrected chi connectivity index (χ2v) is 2.87. The van der Waals surface area contributed by atoms with Gasteiger partial charge in [-0.1, -0.05) is 0 Å². The highest BCUT2D eigenvalue weighted by molar-refractivity contribution is 5.31. The number of nitrogens with one attached hydrogen (secondary N) is 1. The van der Waals surface area contributed by atoms with Gasteiger partial charge in [0.25, 0.3) is 0 Å². The van der Waals surface area contributed by atoms with Crippen LogP contribution in [0.4, 0.5) is 0 Å². The van der Waals surface area contributed by atoms with Crippen molar-refractivity contribution in [2.24, 2.45) is 0 Å². The fourth-order valence-corrected chi connectivity index (χ4v) is 1.49. The molecule has 0 bridgehead atoms. The first kappa shape index (κ1) is 7.55. The molecule has 0 radical (unpaired) electrons. The zero-order valence-corrected chi connectivity index (χ0v) is 7.08. The normalized spacial score (nSPS) is 21.2. The van der Waals surface area contributed by atoms with Crippen LogP contribution in [0.2, 0.25) is 0 Å². The van der Waals surface area contributed by atoms with Gasteiger partial charge < -0.3 is 10.1 Å². The largest absolute Gasteiger partial charge is 0.492 e. The number of rotatable bonds is 1. The van der Waals surface area contributed by atoms with Crippen LogP contribution in [-0.2, 0) is 0 Å². The maximum atomic E-state index is 5.45. The van der Waals surface area contributed by atoms with E-state index in [2.05, 4.69) is 10.3 Å². The van der Waals surface area contributed by atoms with E-state index in [1.54, 1.807) is 6.20 Å². The minimum Gasteiger partial charge on any atom is -0.492 e. The average Bonchev–Trinajstić information content (AvgIpc) is 2.17. The van der Waals surface area contributed by atoms with Crippen molar-refractivity contribution >= 4 is 0 Å². The number of hydrogen-bond donors (Lipinski definition) is 1. The molecule has 0 saturated carbocycles. The number of hydrogen-bond acceptors (Lipinski definition) is 3. The van der Waals surface area contributed by atoms with E-state index in [0.717, 1.165) is 24.5 Å². The topological polar surface area (TPSA) is 34.1 Å². The van der Waals surface area contributed by atoms with Crippen molar-refractivity contribution in [3.63, 3.8) is 0 Å². The fourth-order valence-electron chi connectivity index (χ4n) is 1.49. The van der Waals surface area contributed by atoms with E-state index in [1.165, 1.54) is 0 Å². The van der Waals surface area contributed by atoms with Crippen LogP contribution in [0.5, 0.6) is 5.75 Å². The molecule has 3 nitrogen and oxygen atoms in total. The summed E-state index contributed by atoms with van der Waals surface area (Å²) in [5.41, 5.74) is 1.03. The monoisotopic (exact) mass is 164 g/mol. The highest BCUT2D eigenvalue weighted by Crippen LogP contribution is 2.28. The molecule has 0 saturated heterocycles.